The molecule has 0 radical (unpaired) electrons. The van der Waals surface area contributed by atoms with E-state index in [1.807, 2.05) is 36.4 Å². The highest BCUT2D eigenvalue weighted by Gasteiger charge is 2.22. The normalized spacial score (nSPS) is 14.3. The summed E-state index contributed by atoms with van der Waals surface area (Å²) < 4.78 is 15.9. The minimum absolute atomic E-state index is 0.0127. The quantitative estimate of drug-likeness (QED) is 0.500. The molecule has 174 valence electrons. The van der Waals surface area contributed by atoms with Gasteiger partial charge in [-0.2, -0.15) is 0 Å². The van der Waals surface area contributed by atoms with Crippen molar-refractivity contribution in [3.05, 3.63) is 60.1 Å². The van der Waals surface area contributed by atoms with E-state index >= 15 is 0 Å². The van der Waals surface area contributed by atoms with Gasteiger partial charge >= 0.3 is 0 Å². The third-order valence-electron chi connectivity index (χ3n) is 5.45. The molecule has 1 saturated heterocycles. The largest absolute Gasteiger partial charge is 0.467 e. The van der Waals surface area contributed by atoms with Crippen LogP contribution in [-0.4, -0.2) is 86.2 Å². The lowest BCUT2D eigenvalue weighted by Crippen LogP contribution is -2.45. The van der Waals surface area contributed by atoms with Crippen LogP contribution in [0.2, 0.25) is 0 Å². The summed E-state index contributed by atoms with van der Waals surface area (Å²) in [5, 5.41) is 0. The summed E-state index contributed by atoms with van der Waals surface area (Å²) in [4.78, 5) is 31.6. The Bertz CT molecular complexity index is 806. The molecule has 0 bridgehead atoms. The third kappa shape index (κ3) is 7.78. The molecule has 0 N–H and O–H groups in total. The van der Waals surface area contributed by atoms with Crippen molar-refractivity contribution in [1.29, 1.82) is 0 Å². The molecule has 0 saturated carbocycles. The van der Waals surface area contributed by atoms with Crippen molar-refractivity contribution in [2.75, 3.05) is 59.7 Å². The topological polar surface area (TPSA) is 75.5 Å². The zero-order chi connectivity index (χ0) is 22.6. The van der Waals surface area contributed by atoms with Gasteiger partial charge in [-0.25, -0.2) is 0 Å². The fourth-order valence-electron chi connectivity index (χ4n) is 3.71. The van der Waals surface area contributed by atoms with Gasteiger partial charge in [0.05, 0.1) is 32.6 Å². The van der Waals surface area contributed by atoms with Gasteiger partial charge < -0.3 is 23.7 Å². The Morgan fingerprint density at radius 2 is 1.78 bits per heavy atom. The number of furan rings is 1. The number of rotatable bonds is 12. The predicted molar refractivity (Wildman–Crippen MR) is 120 cm³/mol. The van der Waals surface area contributed by atoms with Crippen molar-refractivity contribution < 1.29 is 23.5 Å². The van der Waals surface area contributed by atoms with Gasteiger partial charge in [-0.1, -0.05) is 30.3 Å². The number of ether oxygens (including phenoxy) is 2. The molecular weight excluding hydrogens is 410 g/mol. The van der Waals surface area contributed by atoms with Crippen molar-refractivity contribution in [3.8, 4) is 0 Å². The fourth-order valence-corrected chi connectivity index (χ4v) is 3.71. The SMILES string of the molecule is COCC(=O)N(CCCN1CCOCC1)CC(=O)N(Cc1ccccc1)Cc1ccco1. The molecule has 1 aliphatic heterocycles. The van der Waals surface area contributed by atoms with Gasteiger partial charge in [0.25, 0.3) is 0 Å². The van der Waals surface area contributed by atoms with Gasteiger partial charge in [0.15, 0.2) is 0 Å². The molecule has 0 spiro atoms. The van der Waals surface area contributed by atoms with Crippen LogP contribution in [0.3, 0.4) is 0 Å². The van der Waals surface area contributed by atoms with Crippen LogP contribution >= 0.6 is 0 Å². The second kappa shape index (κ2) is 13.0. The Kier molecular flexibility index (Phi) is 9.74. The Balaban J connectivity index is 1.63. The van der Waals surface area contributed by atoms with Crippen LogP contribution < -0.4 is 0 Å². The minimum Gasteiger partial charge on any atom is -0.467 e. The van der Waals surface area contributed by atoms with Crippen molar-refractivity contribution in [3.63, 3.8) is 0 Å². The lowest BCUT2D eigenvalue weighted by atomic mass is 10.2. The van der Waals surface area contributed by atoms with E-state index in [2.05, 4.69) is 4.90 Å². The molecule has 1 aromatic heterocycles. The molecule has 8 heteroatoms. The smallest absolute Gasteiger partial charge is 0.249 e. The summed E-state index contributed by atoms with van der Waals surface area (Å²) in [7, 11) is 1.49. The third-order valence-corrected chi connectivity index (χ3v) is 5.45. The lowest BCUT2D eigenvalue weighted by Gasteiger charge is -2.29. The maximum atomic E-state index is 13.3. The molecule has 0 atom stereocenters. The summed E-state index contributed by atoms with van der Waals surface area (Å²) in [5.74, 6) is 0.401. The van der Waals surface area contributed by atoms with E-state index in [-0.39, 0.29) is 25.0 Å². The molecule has 2 heterocycles. The Morgan fingerprint density at radius 3 is 2.47 bits per heavy atom. The van der Waals surface area contributed by atoms with Gasteiger partial charge in [0, 0.05) is 39.8 Å². The van der Waals surface area contributed by atoms with Gasteiger partial charge in [-0.3, -0.25) is 14.5 Å². The van der Waals surface area contributed by atoms with Crippen molar-refractivity contribution in [2.24, 2.45) is 0 Å². The molecule has 2 aromatic rings. The number of amides is 2. The molecule has 3 rings (SSSR count). The first-order valence-corrected chi connectivity index (χ1v) is 11.1. The van der Waals surface area contributed by atoms with E-state index in [9.17, 15) is 9.59 Å². The molecule has 1 aromatic carbocycles. The average molecular weight is 444 g/mol. The van der Waals surface area contributed by atoms with Crippen LogP contribution in [-0.2, 0) is 32.2 Å². The van der Waals surface area contributed by atoms with Gasteiger partial charge in [-0.15, -0.1) is 0 Å². The van der Waals surface area contributed by atoms with E-state index in [4.69, 9.17) is 13.9 Å². The summed E-state index contributed by atoms with van der Waals surface area (Å²) in [6.45, 7) is 5.43. The number of hydrogen-bond acceptors (Lipinski definition) is 6. The molecule has 1 aliphatic rings. The Labute approximate surface area is 189 Å². The van der Waals surface area contributed by atoms with Gasteiger partial charge in [0.1, 0.15) is 12.4 Å². The van der Waals surface area contributed by atoms with Crippen LogP contribution in [0, 0.1) is 0 Å². The Hall–Kier alpha value is -2.68. The van der Waals surface area contributed by atoms with E-state index in [0.29, 0.717) is 25.4 Å². The molecule has 0 aliphatic carbocycles. The van der Waals surface area contributed by atoms with E-state index in [1.165, 1.54) is 7.11 Å². The summed E-state index contributed by atoms with van der Waals surface area (Å²) in [6, 6.07) is 13.5. The van der Waals surface area contributed by atoms with Crippen molar-refractivity contribution in [1.82, 2.24) is 14.7 Å². The molecule has 2 amide bonds. The number of morpholine rings is 1. The van der Waals surface area contributed by atoms with Gasteiger partial charge in [0.2, 0.25) is 11.8 Å². The average Bonchev–Trinajstić information content (AvgIpc) is 3.32. The van der Waals surface area contributed by atoms with E-state index in [1.54, 1.807) is 22.1 Å². The van der Waals surface area contributed by atoms with Crippen LogP contribution in [0.25, 0.3) is 0 Å². The first-order valence-electron chi connectivity index (χ1n) is 11.1. The maximum absolute atomic E-state index is 13.3. The molecule has 8 nitrogen and oxygen atoms in total. The zero-order valence-corrected chi connectivity index (χ0v) is 18.8. The fraction of sp³-hybridized carbons (Fsp3) is 0.500. The van der Waals surface area contributed by atoms with E-state index < -0.39 is 0 Å². The number of benzene rings is 1. The summed E-state index contributed by atoms with van der Waals surface area (Å²) in [5.41, 5.74) is 1.02. The maximum Gasteiger partial charge on any atom is 0.249 e. The van der Waals surface area contributed by atoms with Crippen molar-refractivity contribution in [2.45, 2.75) is 19.5 Å². The van der Waals surface area contributed by atoms with Crippen LogP contribution in [0.15, 0.2) is 53.1 Å². The summed E-state index contributed by atoms with van der Waals surface area (Å²) >= 11 is 0. The second-order valence-corrected chi connectivity index (χ2v) is 7.87. The highest BCUT2D eigenvalue weighted by Crippen LogP contribution is 2.12. The zero-order valence-electron chi connectivity index (χ0n) is 18.8. The first-order chi connectivity index (χ1) is 15.7. The number of hydrogen-bond donors (Lipinski definition) is 0. The first kappa shape index (κ1) is 24.0. The minimum atomic E-state index is -0.180. The molecule has 0 unspecified atom stereocenters. The molecular formula is C24H33N3O5. The van der Waals surface area contributed by atoms with E-state index in [0.717, 1.165) is 44.8 Å². The van der Waals surface area contributed by atoms with Crippen LogP contribution in [0.1, 0.15) is 17.7 Å². The Morgan fingerprint density at radius 1 is 1.00 bits per heavy atom. The standard InChI is InChI=1S/C24H33N3O5/c1-30-20-24(29)26(11-6-10-25-12-15-31-16-13-25)19-23(28)27(18-22-9-5-14-32-22)17-21-7-3-2-4-8-21/h2-5,7-9,14H,6,10-13,15-20H2,1H3. The monoisotopic (exact) mass is 443 g/mol. The number of nitrogens with zero attached hydrogens (tertiary/aromatic N) is 3. The molecule has 1 fully saturated rings. The number of carbonyl (C=O) groups excluding carboxylic acids is 2. The lowest BCUT2D eigenvalue weighted by molar-refractivity contribution is -0.143. The highest BCUT2D eigenvalue weighted by atomic mass is 16.5. The van der Waals surface area contributed by atoms with Crippen LogP contribution in [0.5, 0.6) is 0 Å². The predicted octanol–water partition coefficient (Wildman–Crippen LogP) is 2.01. The number of methoxy groups -OCH3 is 1. The van der Waals surface area contributed by atoms with Gasteiger partial charge in [-0.05, 0) is 24.1 Å². The number of carbonyl (C=O) groups is 2. The second-order valence-electron chi connectivity index (χ2n) is 7.87. The van der Waals surface area contributed by atoms with Crippen LogP contribution in [0.4, 0.5) is 0 Å². The van der Waals surface area contributed by atoms with Crippen molar-refractivity contribution >= 4 is 11.8 Å². The molecule has 32 heavy (non-hydrogen) atoms. The summed E-state index contributed by atoms with van der Waals surface area (Å²) in [6.07, 6.45) is 2.39. The highest BCUT2D eigenvalue weighted by molar-refractivity contribution is 5.85.